The van der Waals surface area contributed by atoms with E-state index in [1.165, 1.54) is 31.0 Å². The normalized spacial score (nSPS) is 17.1. The van der Waals surface area contributed by atoms with Gasteiger partial charge in [-0.3, -0.25) is 9.89 Å². The second-order valence-electron chi connectivity index (χ2n) is 5.98. The van der Waals surface area contributed by atoms with Crippen LogP contribution in [0.1, 0.15) is 48.2 Å². The Morgan fingerprint density at radius 2 is 1.95 bits per heavy atom. The average Bonchev–Trinajstić information content (AvgIpc) is 3.00. The highest BCUT2D eigenvalue weighted by Crippen LogP contribution is 2.38. The summed E-state index contributed by atoms with van der Waals surface area (Å²) in [5.41, 5.74) is 1.67. The van der Waals surface area contributed by atoms with E-state index in [2.05, 4.69) is 39.8 Å². The van der Waals surface area contributed by atoms with Crippen molar-refractivity contribution in [3.63, 3.8) is 0 Å². The molecule has 0 saturated heterocycles. The predicted octanol–water partition coefficient (Wildman–Crippen LogP) is 3.70. The Morgan fingerprint density at radius 1 is 1.23 bits per heavy atom. The molecule has 1 aromatic heterocycles. The summed E-state index contributed by atoms with van der Waals surface area (Å²) in [6.45, 7) is 0.630. The number of carbonyl (C=O) groups excluding carboxylic acids is 1. The van der Waals surface area contributed by atoms with Crippen molar-refractivity contribution in [1.82, 2.24) is 15.5 Å². The molecule has 5 heteroatoms. The van der Waals surface area contributed by atoms with Gasteiger partial charge in [0.15, 0.2) is 0 Å². The van der Waals surface area contributed by atoms with Crippen LogP contribution in [0.4, 0.5) is 0 Å². The molecule has 1 aliphatic carbocycles. The maximum Gasteiger partial charge on any atom is 0.270 e. The molecule has 0 unspecified atom stereocenters. The summed E-state index contributed by atoms with van der Waals surface area (Å²) in [7, 11) is 0. The van der Waals surface area contributed by atoms with Gasteiger partial charge < -0.3 is 5.32 Å². The molecular weight excluding hydrogens is 298 g/mol. The lowest BCUT2D eigenvalue weighted by atomic mass is 9.69. The molecule has 1 aliphatic rings. The standard InChI is InChI=1S/C17H20ClN3O/c18-14-11-20-21-15(14)16(22)19-12-17(9-5-2-6-10-17)13-7-3-1-4-8-13/h1,3-4,7-8,11H,2,5-6,9-10,12H2,(H,19,22)(H,20,21). The second kappa shape index (κ2) is 6.53. The second-order valence-corrected chi connectivity index (χ2v) is 6.39. The molecule has 1 amide bonds. The van der Waals surface area contributed by atoms with Gasteiger partial charge in [0.05, 0.1) is 11.2 Å². The third-order valence-corrected chi connectivity index (χ3v) is 4.89. The van der Waals surface area contributed by atoms with Gasteiger partial charge in [-0.05, 0) is 18.4 Å². The van der Waals surface area contributed by atoms with Gasteiger partial charge in [-0.2, -0.15) is 5.10 Å². The topological polar surface area (TPSA) is 57.8 Å². The largest absolute Gasteiger partial charge is 0.350 e. The molecule has 2 N–H and O–H groups in total. The molecule has 0 radical (unpaired) electrons. The van der Waals surface area contributed by atoms with Crippen molar-refractivity contribution in [2.45, 2.75) is 37.5 Å². The van der Waals surface area contributed by atoms with Crippen LogP contribution >= 0.6 is 11.6 Å². The maximum atomic E-state index is 12.3. The van der Waals surface area contributed by atoms with Crippen LogP contribution in [0, 0.1) is 0 Å². The van der Waals surface area contributed by atoms with Gasteiger partial charge in [-0.1, -0.05) is 61.2 Å². The van der Waals surface area contributed by atoms with Crippen molar-refractivity contribution in [2.75, 3.05) is 6.54 Å². The Kier molecular flexibility index (Phi) is 4.48. The van der Waals surface area contributed by atoms with Gasteiger partial charge in [0.25, 0.3) is 5.91 Å². The molecule has 1 heterocycles. The quantitative estimate of drug-likeness (QED) is 0.903. The molecule has 4 nitrogen and oxygen atoms in total. The fraction of sp³-hybridized carbons (Fsp3) is 0.412. The molecular formula is C17H20ClN3O. The number of aromatic amines is 1. The summed E-state index contributed by atoms with van der Waals surface area (Å²) in [4.78, 5) is 12.3. The Morgan fingerprint density at radius 3 is 2.59 bits per heavy atom. The first-order valence-electron chi connectivity index (χ1n) is 7.74. The number of benzene rings is 1. The molecule has 22 heavy (non-hydrogen) atoms. The van der Waals surface area contributed by atoms with E-state index in [-0.39, 0.29) is 11.3 Å². The number of amides is 1. The Hall–Kier alpha value is -1.81. The fourth-order valence-electron chi connectivity index (χ4n) is 3.36. The summed E-state index contributed by atoms with van der Waals surface area (Å²) in [6.07, 6.45) is 7.34. The Bertz CT molecular complexity index is 632. The van der Waals surface area contributed by atoms with Gasteiger partial charge >= 0.3 is 0 Å². The number of hydrogen-bond donors (Lipinski definition) is 2. The molecule has 1 fully saturated rings. The van der Waals surface area contributed by atoms with Crippen LogP contribution in [0.3, 0.4) is 0 Å². The lowest BCUT2D eigenvalue weighted by Crippen LogP contribution is -2.42. The predicted molar refractivity (Wildman–Crippen MR) is 87.1 cm³/mol. The average molecular weight is 318 g/mol. The molecule has 116 valence electrons. The lowest BCUT2D eigenvalue weighted by molar-refractivity contribution is 0.0931. The van der Waals surface area contributed by atoms with E-state index in [1.54, 1.807) is 0 Å². The first-order valence-corrected chi connectivity index (χ1v) is 8.12. The fourth-order valence-corrected chi connectivity index (χ4v) is 3.53. The van der Waals surface area contributed by atoms with Crippen LogP contribution in [0.25, 0.3) is 0 Å². The maximum absolute atomic E-state index is 12.3. The van der Waals surface area contributed by atoms with Crippen molar-refractivity contribution in [2.24, 2.45) is 0 Å². The van der Waals surface area contributed by atoms with Gasteiger partial charge in [0.2, 0.25) is 0 Å². The van der Waals surface area contributed by atoms with Gasteiger partial charge in [0.1, 0.15) is 5.69 Å². The highest BCUT2D eigenvalue weighted by molar-refractivity contribution is 6.33. The number of nitrogens with one attached hydrogen (secondary N) is 2. The molecule has 3 rings (SSSR count). The van der Waals surface area contributed by atoms with Crippen LogP contribution in [0.5, 0.6) is 0 Å². The highest BCUT2D eigenvalue weighted by Gasteiger charge is 2.34. The smallest absolute Gasteiger partial charge is 0.270 e. The minimum atomic E-state index is -0.191. The highest BCUT2D eigenvalue weighted by atomic mass is 35.5. The Labute approximate surface area is 135 Å². The van der Waals surface area contributed by atoms with E-state index in [9.17, 15) is 4.79 Å². The van der Waals surface area contributed by atoms with Gasteiger partial charge in [-0.15, -0.1) is 0 Å². The van der Waals surface area contributed by atoms with Crippen LogP contribution in [0.15, 0.2) is 36.5 Å². The molecule has 1 saturated carbocycles. The van der Waals surface area contributed by atoms with Crippen molar-refractivity contribution in [3.05, 3.63) is 52.8 Å². The molecule has 1 aromatic carbocycles. The third-order valence-electron chi connectivity index (χ3n) is 4.60. The summed E-state index contributed by atoms with van der Waals surface area (Å²) in [5.74, 6) is -0.191. The summed E-state index contributed by atoms with van der Waals surface area (Å²) in [5, 5.41) is 9.84. The molecule has 0 atom stereocenters. The monoisotopic (exact) mass is 317 g/mol. The third kappa shape index (κ3) is 3.02. The van der Waals surface area contributed by atoms with Gasteiger partial charge in [0, 0.05) is 12.0 Å². The first kappa shape index (κ1) is 15.1. The van der Waals surface area contributed by atoms with Crippen LogP contribution in [-0.2, 0) is 5.41 Å². The molecule has 2 aromatic rings. The van der Waals surface area contributed by atoms with Crippen LogP contribution < -0.4 is 5.32 Å². The number of H-pyrrole nitrogens is 1. The number of carbonyl (C=O) groups is 1. The van der Waals surface area contributed by atoms with Gasteiger partial charge in [-0.25, -0.2) is 0 Å². The van der Waals surface area contributed by atoms with E-state index in [0.717, 1.165) is 12.8 Å². The molecule has 0 bridgehead atoms. The number of rotatable bonds is 4. The lowest BCUT2D eigenvalue weighted by Gasteiger charge is -2.38. The number of aromatic nitrogens is 2. The zero-order valence-corrected chi connectivity index (χ0v) is 13.2. The number of nitrogens with zero attached hydrogens (tertiary/aromatic N) is 1. The van der Waals surface area contributed by atoms with Crippen molar-refractivity contribution in [3.8, 4) is 0 Å². The summed E-state index contributed by atoms with van der Waals surface area (Å²) >= 11 is 5.95. The first-order chi connectivity index (χ1) is 10.7. The number of halogens is 1. The van der Waals surface area contributed by atoms with E-state index in [1.807, 2.05) is 6.07 Å². The van der Waals surface area contributed by atoms with Crippen molar-refractivity contribution in [1.29, 1.82) is 0 Å². The molecule has 0 aliphatic heterocycles. The van der Waals surface area contributed by atoms with E-state index in [0.29, 0.717) is 17.3 Å². The van der Waals surface area contributed by atoms with Crippen molar-refractivity contribution >= 4 is 17.5 Å². The molecule has 0 spiro atoms. The van der Waals surface area contributed by atoms with E-state index >= 15 is 0 Å². The van der Waals surface area contributed by atoms with E-state index < -0.39 is 0 Å². The van der Waals surface area contributed by atoms with E-state index in [4.69, 9.17) is 11.6 Å². The van der Waals surface area contributed by atoms with Crippen LogP contribution in [0.2, 0.25) is 5.02 Å². The summed E-state index contributed by atoms with van der Waals surface area (Å²) in [6, 6.07) is 10.5. The minimum Gasteiger partial charge on any atom is -0.350 e. The van der Waals surface area contributed by atoms with Crippen LogP contribution in [-0.4, -0.2) is 22.6 Å². The number of hydrogen-bond acceptors (Lipinski definition) is 2. The summed E-state index contributed by atoms with van der Waals surface area (Å²) < 4.78 is 0. The minimum absolute atomic E-state index is 0.0294. The SMILES string of the molecule is O=C(NCC1(c2ccccc2)CCCCC1)c1[nH]ncc1Cl. The van der Waals surface area contributed by atoms with Crippen molar-refractivity contribution < 1.29 is 4.79 Å². The zero-order valence-electron chi connectivity index (χ0n) is 12.4. The zero-order chi connectivity index (χ0) is 15.4. The Balaban J connectivity index is 1.77.